The number of nitrogens with one attached hydrogen (secondary N) is 5. The van der Waals surface area contributed by atoms with Gasteiger partial charge in [0.1, 0.15) is 30.8 Å². The van der Waals surface area contributed by atoms with Crippen LogP contribution in [-0.4, -0.2) is 194 Å². The minimum absolute atomic E-state index is 0.0868. The van der Waals surface area contributed by atoms with Crippen molar-refractivity contribution >= 4 is 63.9 Å². The number of allylic oxidation sites excluding steroid dienone is 2. The van der Waals surface area contributed by atoms with Gasteiger partial charge < -0.3 is 61.4 Å². The van der Waals surface area contributed by atoms with Gasteiger partial charge >= 0.3 is 6.09 Å². The van der Waals surface area contributed by atoms with Gasteiger partial charge in [0.2, 0.25) is 41.4 Å². The molecule has 2 aliphatic rings. The fourth-order valence-corrected chi connectivity index (χ4v) is 13.1. The van der Waals surface area contributed by atoms with Crippen LogP contribution in [0.3, 0.4) is 0 Å². The van der Waals surface area contributed by atoms with E-state index >= 15 is 0 Å². The molecule has 5 rings (SSSR count). The van der Waals surface area contributed by atoms with Crippen LogP contribution >= 0.6 is 0 Å². The molecule has 0 aromatic heterocycles. The summed E-state index contributed by atoms with van der Waals surface area (Å²) in [4.78, 5) is 120. The SMILES string of the molecule is C=C/C=C(\C=C)[C@H](O)[C@@H](C)NC(=O)[C@H](C)[C@@H](OC)[C@@H]1CCCN1C(=O)C[C@@H](OC)[C@H]([C@@H](C)CC)N(C)C(=O)[C@@H](NC(=O)[C@H](C(C)C)N(C)C(=O)OCc1ccc(NC(=O)[C@H](CCCCN)NC(=O)[C@H](Cc2cccc3ccccc23)NC(=O)[C@@H]2CCCN2C)cc1)C(C)C. The fourth-order valence-electron chi connectivity index (χ4n) is 13.1. The Kier molecular flexibility index (Phi) is 30.8. The van der Waals surface area contributed by atoms with Gasteiger partial charge in [0.05, 0.1) is 54.8 Å². The molecule has 0 radical (unpaired) electrons. The summed E-state index contributed by atoms with van der Waals surface area (Å²) in [5.41, 5.74) is 8.23. The Hall–Kier alpha value is -7.50. The summed E-state index contributed by atoms with van der Waals surface area (Å²) in [5.74, 6) is -4.46. The molecule has 94 heavy (non-hydrogen) atoms. The third-order valence-corrected chi connectivity index (χ3v) is 18.7. The predicted octanol–water partition coefficient (Wildman–Crippen LogP) is 7.03. The number of aliphatic hydroxyl groups excluding tert-OH is 1. The van der Waals surface area contributed by atoms with Crippen molar-refractivity contribution < 1.29 is 57.7 Å². The molecule has 22 heteroatoms. The molecule has 3 aromatic carbocycles. The average molecular weight is 1310 g/mol. The summed E-state index contributed by atoms with van der Waals surface area (Å²) in [6, 6.07) is 14.2. The van der Waals surface area contributed by atoms with E-state index in [2.05, 4.69) is 39.7 Å². The number of aliphatic hydroxyl groups is 1. The van der Waals surface area contributed by atoms with Gasteiger partial charge in [-0.1, -0.05) is 141 Å². The Labute approximate surface area is 557 Å². The number of likely N-dealkylation sites (N-methyl/N-ethyl adjacent to an activating group) is 3. The highest BCUT2D eigenvalue weighted by molar-refractivity contribution is 5.99. The van der Waals surface area contributed by atoms with E-state index in [0.29, 0.717) is 74.9 Å². The van der Waals surface area contributed by atoms with E-state index < -0.39 is 108 Å². The van der Waals surface area contributed by atoms with Crippen molar-refractivity contribution in [2.24, 2.45) is 29.4 Å². The minimum Gasteiger partial charge on any atom is -0.445 e. The average Bonchev–Trinajstić information content (AvgIpc) is 1.24. The van der Waals surface area contributed by atoms with E-state index in [1.54, 1.807) is 74.9 Å². The highest BCUT2D eigenvalue weighted by Crippen LogP contribution is 2.31. The monoisotopic (exact) mass is 1300 g/mol. The number of ether oxygens (including phenoxy) is 3. The van der Waals surface area contributed by atoms with Gasteiger partial charge in [0.25, 0.3) is 0 Å². The van der Waals surface area contributed by atoms with Gasteiger partial charge in [0, 0.05) is 47.0 Å². The smallest absolute Gasteiger partial charge is 0.410 e. The molecule has 2 heterocycles. The van der Waals surface area contributed by atoms with Gasteiger partial charge in [-0.2, -0.15) is 0 Å². The lowest BCUT2D eigenvalue weighted by atomic mass is 9.89. The Bertz CT molecular complexity index is 3060. The van der Waals surface area contributed by atoms with E-state index in [-0.39, 0.29) is 49.1 Å². The number of nitrogens with two attached hydrogens (primary N) is 1. The van der Waals surface area contributed by atoms with Crippen molar-refractivity contribution in [2.45, 2.75) is 193 Å². The van der Waals surface area contributed by atoms with Gasteiger partial charge in [-0.3, -0.25) is 43.4 Å². The topological polar surface area (TPSA) is 284 Å². The number of hydrogen-bond donors (Lipinski definition) is 7. The quantitative estimate of drug-likeness (QED) is 0.0227. The number of carbonyl (C=O) groups excluding carboxylic acids is 8. The molecule has 0 saturated carbocycles. The van der Waals surface area contributed by atoms with Gasteiger partial charge in [0.15, 0.2) is 0 Å². The number of hydrogen-bond acceptors (Lipinski definition) is 14. The molecular formula is C72H108N10O12. The first kappa shape index (κ1) is 77.2. The maximum absolute atomic E-state index is 14.8. The summed E-state index contributed by atoms with van der Waals surface area (Å²) in [7, 11) is 8.02. The van der Waals surface area contributed by atoms with E-state index in [1.165, 1.54) is 38.3 Å². The van der Waals surface area contributed by atoms with E-state index in [9.17, 15) is 43.5 Å². The zero-order valence-electron chi connectivity index (χ0n) is 57.9. The highest BCUT2D eigenvalue weighted by Gasteiger charge is 2.44. The van der Waals surface area contributed by atoms with Crippen LogP contribution in [0.15, 0.2) is 104 Å². The lowest BCUT2D eigenvalue weighted by Crippen LogP contribution is -2.60. The number of rotatable bonds is 36. The third kappa shape index (κ3) is 20.8. The predicted molar refractivity (Wildman–Crippen MR) is 367 cm³/mol. The standard InChI is InChI=1S/C72H108N10O12/c1-16-26-50(18-3)64(84)48(10)74-66(85)47(9)65(93-15)57-32-25-40-82(57)60(83)42-59(92-14)63(46(8)17-2)80(12)71(90)61(44(4)5)78-70(89)62(45(6)7)81(13)72(91)94-43-49-34-36-53(37-35-49)75-67(86)55(31-21-22-38-73)76-68(87)56(77-69(88)58-33-24-39-79(58)11)41-52-29-23-28-51-27-19-20-30-54(51)52/h16,18-20,23,26-30,34-37,44-48,55-59,61-65,84H,1,3,17,21-22,24-25,31-33,38-43,73H2,2,4-15H3,(H,74,85)(H,75,86)(H,76,87)(H,77,88)(H,78,89)/b50-26+/t46-,47+,48+,55-,56-,57-,58-,59+,61-,62-,63-,64+,65+/m0/s1. The Morgan fingerprint density at radius 3 is 2.05 bits per heavy atom. The van der Waals surface area contributed by atoms with Crippen molar-refractivity contribution in [3.8, 4) is 0 Å². The number of amides is 8. The first-order valence-electron chi connectivity index (χ1n) is 33.4. The zero-order valence-corrected chi connectivity index (χ0v) is 57.9. The molecular weight excluding hydrogens is 1200 g/mol. The fraction of sp³-hybridized carbons (Fsp3) is 0.583. The Balaban J connectivity index is 1.22. The molecule has 3 aromatic rings. The number of likely N-dealkylation sites (tertiary alicyclic amines) is 2. The summed E-state index contributed by atoms with van der Waals surface area (Å²) < 4.78 is 17.8. The number of fused-ring (bicyclic) bond motifs is 1. The molecule has 0 aliphatic carbocycles. The number of methoxy groups -OCH3 is 2. The highest BCUT2D eigenvalue weighted by atomic mass is 16.6. The van der Waals surface area contributed by atoms with Crippen LogP contribution in [0.25, 0.3) is 10.8 Å². The van der Waals surface area contributed by atoms with Crippen molar-refractivity contribution in [3.63, 3.8) is 0 Å². The summed E-state index contributed by atoms with van der Waals surface area (Å²) in [6.45, 7) is 23.5. The van der Waals surface area contributed by atoms with Crippen molar-refractivity contribution in [1.29, 1.82) is 0 Å². The molecule has 13 atom stereocenters. The van der Waals surface area contributed by atoms with E-state index in [0.717, 1.165) is 29.3 Å². The molecule has 2 aliphatic heterocycles. The largest absolute Gasteiger partial charge is 0.445 e. The van der Waals surface area contributed by atoms with Crippen LogP contribution in [-0.2, 0) is 60.8 Å². The molecule has 0 spiro atoms. The normalized spacial score (nSPS) is 18.7. The molecule has 22 nitrogen and oxygen atoms in total. The van der Waals surface area contributed by atoms with Crippen LogP contribution in [0.1, 0.15) is 124 Å². The molecule has 0 unspecified atom stereocenters. The second-order valence-electron chi connectivity index (χ2n) is 26.1. The number of nitrogens with zero attached hydrogens (tertiary/aromatic N) is 4. The lowest BCUT2D eigenvalue weighted by molar-refractivity contribution is -0.148. The zero-order chi connectivity index (χ0) is 69.5. The maximum Gasteiger partial charge on any atom is 0.410 e. The minimum atomic E-state index is -1.06. The number of carbonyl (C=O) groups is 8. The molecule has 8 amide bonds. The second kappa shape index (κ2) is 37.6. The number of benzene rings is 3. The van der Waals surface area contributed by atoms with Crippen LogP contribution in [0.2, 0.25) is 0 Å². The van der Waals surface area contributed by atoms with Crippen molar-refractivity contribution in [1.82, 2.24) is 40.9 Å². The number of anilines is 1. The van der Waals surface area contributed by atoms with Gasteiger partial charge in [-0.15, -0.1) is 0 Å². The van der Waals surface area contributed by atoms with Gasteiger partial charge in [-0.25, -0.2) is 4.79 Å². The summed E-state index contributed by atoms with van der Waals surface area (Å²) in [6.07, 6.45) is 6.42. The Morgan fingerprint density at radius 2 is 1.45 bits per heavy atom. The maximum atomic E-state index is 14.8. The van der Waals surface area contributed by atoms with Crippen molar-refractivity contribution in [2.75, 3.05) is 60.3 Å². The van der Waals surface area contributed by atoms with E-state index in [1.807, 2.05) is 82.1 Å². The molecule has 2 saturated heterocycles. The van der Waals surface area contributed by atoms with Crippen LogP contribution in [0.5, 0.6) is 0 Å². The first-order valence-corrected chi connectivity index (χ1v) is 33.4. The molecule has 518 valence electrons. The lowest BCUT2D eigenvalue weighted by Gasteiger charge is -2.41. The summed E-state index contributed by atoms with van der Waals surface area (Å²) in [5, 5.41) is 27.6. The first-order chi connectivity index (χ1) is 44.8. The Morgan fingerprint density at radius 1 is 0.766 bits per heavy atom. The van der Waals surface area contributed by atoms with Gasteiger partial charge in [-0.05, 0) is 129 Å². The second-order valence-corrected chi connectivity index (χ2v) is 26.1. The third-order valence-electron chi connectivity index (χ3n) is 18.7. The molecule has 8 N–H and O–H groups in total. The summed E-state index contributed by atoms with van der Waals surface area (Å²) >= 11 is 0. The van der Waals surface area contributed by atoms with E-state index in [4.69, 9.17) is 19.9 Å². The van der Waals surface area contributed by atoms with Crippen molar-refractivity contribution in [3.05, 3.63) is 115 Å². The molecule has 0 bridgehead atoms. The number of unbranched alkanes of at least 4 members (excludes halogenated alkanes) is 1. The van der Waals surface area contributed by atoms with Crippen LogP contribution in [0, 0.1) is 23.7 Å². The van der Waals surface area contributed by atoms with Crippen LogP contribution < -0.4 is 32.3 Å². The molecule has 2 fully saturated rings. The van der Waals surface area contributed by atoms with Crippen LogP contribution in [0.4, 0.5) is 10.5 Å².